The summed E-state index contributed by atoms with van der Waals surface area (Å²) in [6.07, 6.45) is 10.3. The molecule has 0 spiro atoms. The van der Waals surface area contributed by atoms with Crippen LogP contribution in [0.3, 0.4) is 0 Å². The zero-order valence-electron chi connectivity index (χ0n) is 15.3. The maximum absolute atomic E-state index is 4.59. The van der Waals surface area contributed by atoms with Gasteiger partial charge in [0.25, 0.3) is 0 Å². The molecule has 0 N–H and O–H groups in total. The van der Waals surface area contributed by atoms with Gasteiger partial charge in [0, 0.05) is 44.8 Å². The van der Waals surface area contributed by atoms with E-state index in [-0.39, 0.29) is 0 Å². The predicted molar refractivity (Wildman–Crippen MR) is 104 cm³/mol. The van der Waals surface area contributed by atoms with Gasteiger partial charge < -0.3 is 14.0 Å². The van der Waals surface area contributed by atoms with Crippen LogP contribution in [0.15, 0.2) is 55.5 Å². The van der Waals surface area contributed by atoms with Crippen LogP contribution in [0.5, 0.6) is 0 Å². The summed E-state index contributed by atoms with van der Waals surface area (Å²) in [6.45, 7) is 3.02. The molecule has 4 rings (SSSR count). The Morgan fingerprint density at radius 1 is 1.12 bits per heavy atom. The van der Waals surface area contributed by atoms with Gasteiger partial charge in [0.05, 0.1) is 24.4 Å². The topological polar surface area (TPSA) is 51.8 Å². The third kappa shape index (κ3) is 2.94. The van der Waals surface area contributed by atoms with Crippen LogP contribution in [-0.4, -0.2) is 31.1 Å². The largest absolute Gasteiger partial charge is 0.334 e. The first-order valence-corrected chi connectivity index (χ1v) is 8.74. The first kappa shape index (κ1) is 16.3. The molecule has 0 bridgehead atoms. The Balaban J connectivity index is 1.67. The number of pyridine rings is 1. The summed E-state index contributed by atoms with van der Waals surface area (Å²) in [5.41, 5.74) is 5.74. The van der Waals surface area contributed by atoms with E-state index in [2.05, 4.69) is 62.7 Å². The van der Waals surface area contributed by atoms with Crippen molar-refractivity contribution in [2.45, 2.75) is 19.9 Å². The summed E-state index contributed by atoms with van der Waals surface area (Å²) in [5.74, 6) is 0.915. The van der Waals surface area contributed by atoms with Gasteiger partial charge in [0.1, 0.15) is 11.3 Å². The van der Waals surface area contributed by atoms with Gasteiger partial charge in [0.15, 0.2) is 0 Å². The van der Waals surface area contributed by atoms with Crippen LogP contribution in [0.4, 0.5) is 11.5 Å². The highest BCUT2D eigenvalue weighted by molar-refractivity contribution is 5.79. The average molecular weight is 346 g/mol. The maximum atomic E-state index is 4.59. The lowest BCUT2D eigenvalue weighted by molar-refractivity contribution is 0.795. The second-order valence-corrected chi connectivity index (χ2v) is 6.50. The van der Waals surface area contributed by atoms with Crippen LogP contribution < -0.4 is 4.90 Å². The number of benzene rings is 1. The molecule has 6 heteroatoms. The van der Waals surface area contributed by atoms with Crippen molar-refractivity contribution in [1.82, 2.24) is 24.1 Å². The number of anilines is 2. The monoisotopic (exact) mass is 346 g/mol. The van der Waals surface area contributed by atoms with Crippen molar-refractivity contribution >= 4 is 22.5 Å². The maximum Gasteiger partial charge on any atom is 0.134 e. The Labute approximate surface area is 152 Å². The number of fused-ring (bicyclic) bond motifs is 1. The molecule has 6 nitrogen and oxygen atoms in total. The van der Waals surface area contributed by atoms with E-state index >= 15 is 0 Å². The molecular weight excluding hydrogens is 324 g/mol. The number of aromatic nitrogens is 5. The molecule has 0 fully saturated rings. The number of hydrogen-bond acceptors (Lipinski definition) is 4. The van der Waals surface area contributed by atoms with Crippen molar-refractivity contribution < 1.29 is 0 Å². The van der Waals surface area contributed by atoms with Crippen molar-refractivity contribution in [2.75, 3.05) is 11.9 Å². The minimum Gasteiger partial charge on any atom is -0.334 e. The van der Waals surface area contributed by atoms with E-state index in [1.54, 1.807) is 0 Å². The van der Waals surface area contributed by atoms with Gasteiger partial charge in [-0.2, -0.15) is 0 Å². The molecule has 0 aliphatic rings. The normalized spacial score (nSPS) is 11.2. The van der Waals surface area contributed by atoms with E-state index in [4.69, 9.17) is 0 Å². The SMILES string of the molecule is CCc1cc(Cn2ccnc2)ccc1N(C)c1cc2c(cn1)ncn2C. The summed E-state index contributed by atoms with van der Waals surface area (Å²) in [5, 5.41) is 0. The molecule has 1 aromatic carbocycles. The fourth-order valence-electron chi connectivity index (χ4n) is 3.27. The highest BCUT2D eigenvalue weighted by atomic mass is 15.2. The van der Waals surface area contributed by atoms with Gasteiger partial charge in [-0.05, 0) is 23.6 Å². The molecule has 0 atom stereocenters. The van der Waals surface area contributed by atoms with E-state index in [0.29, 0.717) is 0 Å². The molecule has 0 aliphatic carbocycles. The van der Waals surface area contributed by atoms with E-state index in [1.165, 1.54) is 16.8 Å². The quantitative estimate of drug-likeness (QED) is 0.555. The minimum absolute atomic E-state index is 0.830. The molecule has 132 valence electrons. The Hall–Kier alpha value is -3.15. The lowest BCUT2D eigenvalue weighted by atomic mass is 10.1. The molecule has 0 saturated heterocycles. The van der Waals surface area contributed by atoms with Gasteiger partial charge in [-0.15, -0.1) is 0 Å². The summed E-state index contributed by atoms with van der Waals surface area (Å²) in [4.78, 5) is 15.2. The number of nitrogens with zero attached hydrogens (tertiary/aromatic N) is 6. The summed E-state index contributed by atoms with van der Waals surface area (Å²) in [7, 11) is 4.07. The van der Waals surface area contributed by atoms with Gasteiger partial charge in [-0.1, -0.05) is 19.1 Å². The van der Waals surface area contributed by atoms with Crippen molar-refractivity contribution in [2.24, 2.45) is 7.05 Å². The van der Waals surface area contributed by atoms with Crippen LogP contribution in [0.25, 0.3) is 11.0 Å². The highest BCUT2D eigenvalue weighted by Gasteiger charge is 2.12. The molecule has 3 heterocycles. The van der Waals surface area contributed by atoms with Crippen molar-refractivity contribution in [3.63, 3.8) is 0 Å². The molecule has 0 saturated carbocycles. The number of imidazole rings is 2. The molecule has 4 aromatic rings. The fourth-order valence-corrected chi connectivity index (χ4v) is 3.27. The van der Waals surface area contributed by atoms with Gasteiger partial charge in [0.2, 0.25) is 0 Å². The molecule has 0 radical (unpaired) electrons. The van der Waals surface area contributed by atoms with E-state index in [1.807, 2.05) is 42.9 Å². The van der Waals surface area contributed by atoms with Crippen molar-refractivity contribution in [3.05, 3.63) is 66.6 Å². The molecule has 0 amide bonds. The highest BCUT2D eigenvalue weighted by Crippen LogP contribution is 2.29. The second-order valence-electron chi connectivity index (χ2n) is 6.50. The Kier molecular flexibility index (Phi) is 4.16. The minimum atomic E-state index is 0.830. The van der Waals surface area contributed by atoms with Crippen LogP contribution in [0.1, 0.15) is 18.1 Å². The summed E-state index contributed by atoms with van der Waals surface area (Å²) in [6, 6.07) is 8.71. The molecule has 26 heavy (non-hydrogen) atoms. The lowest BCUT2D eigenvalue weighted by Gasteiger charge is -2.22. The Bertz CT molecular complexity index is 1030. The fraction of sp³-hybridized carbons (Fsp3) is 0.250. The van der Waals surface area contributed by atoms with E-state index in [9.17, 15) is 0 Å². The third-order valence-corrected chi connectivity index (χ3v) is 4.75. The van der Waals surface area contributed by atoms with Crippen molar-refractivity contribution in [1.29, 1.82) is 0 Å². The van der Waals surface area contributed by atoms with Gasteiger partial charge >= 0.3 is 0 Å². The average Bonchev–Trinajstić information content (AvgIpc) is 3.31. The Morgan fingerprint density at radius 3 is 2.77 bits per heavy atom. The molecule has 0 aliphatic heterocycles. The van der Waals surface area contributed by atoms with Crippen molar-refractivity contribution in [3.8, 4) is 0 Å². The first-order chi connectivity index (χ1) is 12.7. The molecule has 0 unspecified atom stereocenters. The van der Waals surface area contributed by atoms with E-state index < -0.39 is 0 Å². The first-order valence-electron chi connectivity index (χ1n) is 8.74. The van der Waals surface area contributed by atoms with Crippen LogP contribution in [0.2, 0.25) is 0 Å². The molecular formula is C20H22N6. The second kappa shape index (κ2) is 6.63. The third-order valence-electron chi connectivity index (χ3n) is 4.75. The van der Waals surface area contributed by atoms with Crippen LogP contribution in [-0.2, 0) is 20.0 Å². The van der Waals surface area contributed by atoms with Crippen LogP contribution in [0, 0.1) is 0 Å². The zero-order valence-corrected chi connectivity index (χ0v) is 15.3. The number of hydrogen-bond donors (Lipinski definition) is 0. The predicted octanol–water partition coefficient (Wildman–Crippen LogP) is 3.54. The zero-order chi connectivity index (χ0) is 18.1. The number of aryl methyl sites for hydroxylation is 2. The number of rotatable bonds is 5. The van der Waals surface area contributed by atoms with Gasteiger partial charge in [-0.25, -0.2) is 15.0 Å². The lowest BCUT2D eigenvalue weighted by Crippen LogP contribution is -2.13. The summed E-state index contributed by atoms with van der Waals surface area (Å²) < 4.78 is 4.10. The molecule has 3 aromatic heterocycles. The summed E-state index contributed by atoms with van der Waals surface area (Å²) >= 11 is 0. The van der Waals surface area contributed by atoms with E-state index in [0.717, 1.165) is 29.8 Å². The van der Waals surface area contributed by atoms with Crippen LogP contribution >= 0.6 is 0 Å². The standard InChI is InChI=1S/C20H22N6/c1-4-16-9-15(12-26-8-7-21-13-26)5-6-18(16)25(3)20-10-19-17(11-22-20)23-14-24(19)2/h5-11,13-14H,4,12H2,1-3H3. The van der Waals surface area contributed by atoms with Gasteiger partial charge in [-0.3, -0.25) is 0 Å². The smallest absolute Gasteiger partial charge is 0.134 e. The Morgan fingerprint density at radius 2 is 2.00 bits per heavy atom.